The predicted octanol–water partition coefficient (Wildman–Crippen LogP) is 2.00. The van der Waals surface area contributed by atoms with E-state index in [-0.39, 0.29) is 24.0 Å². The van der Waals surface area contributed by atoms with Gasteiger partial charge in [0, 0.05) is 25.0 Å². The molecule has 1 amide bonds. The molecule has 1 aliphatic rings. The van der Waals surface area contributed by atoms with Crippen LogP contribution in [-0.4, -0.2) is 41.1 Å². The molecule has 1 aromatic heterocycles. The van der Waals surface area contributed by atoms with E-state index in [1.54, 1.807) is 12.4 Å². The second-order valence-electron chi connectivity index (χ2n) is 6.33. The molecule has 1 saturated heterocycles. The first kappa shape index (κ1) is 16.5. The van der Waals surface area contributed by atoms with Gasteiger partial charge in [0.05, 0.1) is 18.5 Å². The molecule has 0 radical (unpaired) electrons. The van der Waals surface area contributed by atoms with Crippen LogP contribution in [0.3, 0.4) is 0 Å². The average molecular weight is 306 g/mol. The summed E-state index contributed by atoms with van der Waals surface area (Å²) < 4.78 is 5.60. The van der Waals surface area contributed by atoms with E-state index in [0.717, 1.165) is 31.7 Å². The molecule has 6 nitrogen and oxygen atoms in total. The standard InChI is InChI=1S/C16H26N4O2/c1-11(2)16(21)18-13-6-5-7-20(10-13)14-8-17-9-15(19-14)22-12(3)4/h8-9,11-13H,5-7,10H2,1-4H3,(H,18,21)/t13-/m0/s1. The quantitative estimate of drug-likeness (QED) is 0.901. The van der Waals surface area contributed by atoms with Gasteiger partial charge >= 0.3 is 0 Å². The van der Waals surface area contributed by atoms with Crippen molar-refractivity contribution in [2.45, 2.75) is 52.7 Å². The number of nitrogens with one attached hydrogen (secondary N) is 1. The molecule has 0 spiro atoms. The van der Waals surface area contributed by atoms with Gasteiger partial charge in [-0.3, -0.25) is 9.78 Å². The smallest absolute Gasteiger partial charge is 0.234 e. The summed E-state index contributed by atoms with van der Waals surface area (Å²) in [5, 5.41) is 3.10. The minimum absolute atomic E-state index is 0.0120. The molecule has 2 rings (SSSR count). The van der Waals surface area contributed by atoms with Crippen LogP contribution in [0.5, 0.6) is 5.88 Å². The number of carbonyl (C=O) groups is 1. The Hall–Kier alpha value is -1.85. The van der Waals surface area contributed by atoms with E-state index in [0.29, 0.717) is 5.88 Å². The molecule has 22 heavy (non-hydrogen) atoms. The van der Waals surface area contributed by atoms with Gasteiger partial charge < -0.3 is 15.0 Å². The van der Waals surface area contributed by atoms with Crippen molar-refractivity contribution >= 4 is 11.7 Å². The van der Waals surface area contributed by atoms with Gasteiger partial charge in [-0.05, 0) is 26.7 Å². The Morgan fingerprint density at radius 2 is 2.14 bits per heavy atom. The third-order valence-corrected chi connectivity index (χ3v) is 3.57. The molecular weight excluding hydrogens is 280 g/mol. The van der Waals surface area contributed by atoms with Crippen molar-refractivity contribution in [2.75, 3.05) is 18.0 Å². The third kappa shape index (κ3) is 4.58. The molecule has 2 heterocycles. The van der Waals surface area contributed by atoms with Crippen LogP contribution in [0.1, 0.15) is 40.5 Å². The zero-order valence-corrected chi connectivity index (χ0v) is 13.9. The zero-order valence-electron chi connectivity index (χ0n) is 13.9. The summed E-state index contributed by atoms with van der Waals surface area (Å²) in [7, 11) is 0. The first-order valence-corrected chi connectivity index (χ1v) is 7.99. The van der Waals surface area contributed by atoms with Crippen LogP contribution in [0.4, 0.5) is 5.82 Å². The van der Waals surface area contributed by atoms with Crippen molar-refractivity contribution in [1.82, 2.24) is 15.3 Å². The summed E-state index contributed by atoms with van der Waals surface area (Å²) in [6.07, 6.45) is 5.49. The highest BCUT2D eigenvalue weighted by Crippen LogP contribution is 2.20. The van der Waals surface area contributed by atoms with Crippen LogP contribution in [-0.2, 0) is 4.79 Å². The number of hydrogen-bond donors (Lipinski definition) is 1. The average Bonchev–Trinajstić information content (AvgIpc) is 2.47. The zero-order chi connectivity index (χ0) is 16.1. The number of rotatable bonds is 5. The van der Waals surface area contributed by atoms with Crippen molar-refractivity contribution in [3.05, 3.63) is 12.4 Å². The van der Waals surface area contributed by atoms with E-state index < -0.39 is 0 Å². The summed E-state index contributed by atoms with van der Waals surface area (Å²) in [6, 6.07) is 0.167. The summed E-state index contributed by atoms with van der Waals surface area (Å²) in [5.74, 6) is 1.47. The Labute approximate surface area is 132 Å². The van der Waals surface area contributed by atoms with Crippen LogP contribution in [0, 0.1) is 5.92 Å². The minimum atomic E-state index is 0.0120. The van der Waals surface area contributed by atoms with Gasteiger partial charge in [-0.25, -0.2) is 0 Å². The Morgan fingerprint density at radius 3 is 2.82 bits per heavy atom. The lowest BCUT2D eigenvalue weighted by molar-refractivity contribution is -0.124. The summed E-state index contributed by atoms with van der Waals surface area (Å²) in [6.45, 7) is 9.44. The van der Waals surface area contributed by atoms with Crippen molar-refractivity contribution in [1.29, 1.82) is 0 Å². The first-order chi connectivity index (χ1) is 10.5. The normalized spacial score (nSPS) is 18.6. The lowest BCUT2D eigenvalue weighted by Crippen LogP contribution is -2.49. The molecule has 1 atom stereocenters. The fourth-order valence-corrected chi connectivity index (χ4v) is 2.46. The number of aromatic nitrogens is 2. The van der Waals surface area contributed by atoms with Crippen molar-refractivity contribution < 1.29 is 9.53 Å². The van der Waals surface area contributed by atoms with Gasteiger partial charge in [0.2, 0.25) is 11.8 Å². The van der Waals surface area contributed by atoms with Gasteiger partial charge in [-0.15, -0.1) is 0 Å². The molecule has 1 aliphatic heterocycles. The maximum absolute atomic E-state index is 11.9. The van der Waals surface area contributed by atoms with Gasteiger partial charge in [0.1, 0.15) is 0 Å². The Balaban J connectivity index is 2.01. The number of piperidine rings is 1. The number of anilines is 1. The summed E-state index contributed by atoms with van der Waals surface area (Å²) in [5.41, 5.74) is 0. The maximum atomic E-state index is 11.9. The molecule has 122 valence electrons. The molecule has 1 aromatic rings. The van der Waals surface area contributed by atoms with Crippen LogP contribution in [0.2, 0.25) is 0 Å². The molecular formula is C16H26N4O2. The molecule has 1 fully saturated rings. The van der Waals surface area contributed by atoms with Crippen LogP contribution in [0.15, 0.2) is 12.4 Å². The highest BCUT2D eigenvalue weighted by Gasteiger charge is 2.23. The molecule has 0 aliphatic carbocycles. The highest BCUT2D eigenvalue weighted by molar-refractivity contribution is 5.78. The van der Waals surface area contributed by atoms with E-state index in [1.165, 1.54) is 0 Å². The second kappa shape index (κ2) is 7.42. The fourth-order valence-electron chi connectivity index (χ4n) is 2.46. The van der Waals surface area contributed by atoms with Gasteiger partial charge in [-0.1, -0.05) is 13.8 Å². The largest absolute Gasteiger partial charge is 0.474 e. The minimum Gasteiger partial charge on any atom is -0.474 e. The van der Waals surface area contributed by atoms with Gasteiger partial charge in [-0.2, -0.15) is 4.98 Å². The summed E-state index contributed by atoms with van der Waals surface area (Å²) >= 11 is 0. The molecule has 0 aromatic carbocycles. The maximum Gasteiger partial charge on any atom is 0.234 e. The first-order valence-electron chi connectivity index (χ1n) is 7.99. The van der Waals surface area contributed by atoms with Gasteiger partial charge in [0.25, 0.3) is 0 Å². The van der Waals surface area contributed by atoms with E-state index >= 15 is 0 Å². The third-order valence-electron chi connectivity index (χ3n) is 3.57. The van der Waals surface area contributed by atoms with Crippen LogP contribution >= 0.6 is 0 Å². The van der Waals surface area contributed by atoms with E-state index in [2.05, 4.69) is 20.2 Å². The number of ether oxygens (including phenoxy) is 1. The lowest BCUT2D eigenvalue weighted by atomic mass is 10.0. The fraction of sp³-hybridized carbons (Fsp3) is 0.688. The Kier molecular flexibility index (Phi) is 5.57. The Morgan fingerprint density at radius 1 is 1.36 bits per heavy atom. The number of carbonyl (C=O) groups excluding carboxylic acids is 1. The number of amides is 1. The molecule has 0 saturated carbocycles. The monoisotopic (exact) mass is 306 g/mol. The van der Waals surface area contributed by atoms with Gasteiger partial charge in [0.15, 0.2) is 5.82 Å². The SMILES string of the molecule is CC(C)Oc1cncc(N2CCC[C@H](NC(=O)C(C)C)C2)n1. The van der Waals surface area contributed by atoms with Crippen molar-refractivity contribution in [2.24, 2.45) is 5.92 Å². The highest BCUT2D eigenvalue weighted by atomic mass is 16.5. The van der Waals surface area contributed by atoms with E-state index in [9.17, 15) is 4.79 Å². The topological polar surface area (TPSA) is 67.3 Å². The Bertz CT molecular complexity index is 505. The molecule has 0 unspecified atom stereocenters. The summed E-state index contributed by atoms with van der Waals surface area (Å²) in [4.78, 5) is 22.7. The number of hydrogen-bond acceptors (Lipinski definition) is 5. The lowest BCUT2D eigenvalue weighted by Gasteiger charge is -2.34. The second-order valence-corrected chi connectivity index (χ2v) is 6.33. The molecule has 0 bridgehead atoms. The van der Waals surface area contributed by atoms with E-state index in [1.807, 2.05) is 27.7 Å². The molecule has 6 heteroatoms. The van der Waals surface area contributed by atoms with Crippen molar-refractivity contribution in [3.63, 3.8) is 0 Å². The van der Waals surface area contributed by atoms with Crippen molar-refractivity contribution in [3.8, 4) is 5.88 Å². The van der Waals surface area contributed by atoms with Crippen LogP contribution in [0.25, 0.3) is 0 Å². The predicted molar refractivity (Wildman–Crippen MR) is 86.0 cm³/mol. The number of nitrogens with zero attached hydrogens (tertiary/aromatic N) is 3. The van der Waals surface area contributed by atoms with E-state index in [4.69, 9.17) is 4.74 Å². The molecule has 1 N–H and O–H groups in total. The van der Waals surface area contributed by atoms with Crippen LogP contribution < -0.4 is 15.0 Å².